The van der Waals surface area contributed by atoms with E-state index in [2.05, 4.69) is 21.6 Å². The van der Waals surface area contributed by atoms with Crippen molar-refractivity contribution in [1.82, 2.24) is 4.98 Å². The summed E-state index contributed by atoms with van der Waals surface area (Å²) in [7, 11) is 1.26. The molecule has 1 rings (SSSR count). The Kier molecular flexibility index (Phi) is 7.42. The van der Waals surface area contributed by atoms with Crippen LogP contribution in [0.4, 0.5) is 5.69 Å². The molecule has 0 spiro atoms. The zero-order valence-electron chi connectivity index (χ0n) is 12.6. The van der Waals surface area contributed by atoms with Gasteiger partial charge in [0.2, 0.25) is 0 Å². The van der Waals surface area contributed by atoms with Gasteiger partial charge < -0.3 is 15.8 Å². The molecular formula is C15H16Cl3N3O2. The molecule has 0 radical (unpaired) electrons. The Hall–Kier alpha value is -1.69. The molecule has 0 amide bonds. The zero-order valence-corrected chi connectivity index (χ0v) is 14.9. The summed E-state index contributed by atoms with van der Waals surface area (Å²) >= 11 is 18.1. The van der Waals surface area contributed by atoms with Crippen LogP contribution >= 0.6 is 34.8 Å². The van der Waals surface area contributed by atoms with Crippen molar-refractivity contribution in [2.75, 3.05) is 19.0 Å². The lowest BCUT2D eigenvalue weighted by Gasteiger charge is -2.15. The molecule has 0 aromatic carbocycles. The number of carbonyl (C=O) groups excluding carboxylic acids is 1. The third kappa shape index (κ3) is 4.89. The molecule has 0 aliphatic carbocycles. The molecule has 0 saturated carbocycles. The maximum Gasteiger partial charge on any atom is 0.357 e. The minimum absolute atomic E-state index is 0.0135. The van der Waals surface area contributed by atoms with Crippen LogP contribution in [0.2, 0.25) is 10.2 Å². The van der Waals surface area contributed by atoms with Crippen molar-refractivity contribution in [3.05, 3.63) is 57.0 Å². The van der Waals surface area contributed by atoms with Crippen LogP contribution in [-0.4, -0.2) is 24.6 Å². The molecule has 1 aromatic rings. The predicted octanol–water partition coefficient (Wildman–Crippen LogP) is 4.05. The summed E-state index contributed by atoms with van der Waals surface area (Å²) in [5, 5.41) is 3.54. The van der Waals surface area contributed by atoms with E-state index in [0.717, 1.165) is 0 Å². The number of halogens is 3. The zero-order chi connectivity index (χ0) is 17.6. The smallest absolute Gasteiger partial charge is 0.357 e. The molecule has 0 bridgehead atoms. The van der Waals surface area contributed by atoms with Gasteiger partial charge in [-0.05, 0) is 13.0 Å². The van der Waals surface area contributed by atoms with Gasteiger partial charge >= 0.3 is 5.97 Å². The fourth-order valence-corrected chi connectivity index (χ4v) is 2.22. The number of carbonyl (C=O) groups is 1. The van der Waals surface area contributed by atoms with Crippen molar-refractivity contribution >= 4 is 46.5 Å². The Morgan fingerprint density at radius 2 is 2.13 bits per heavy atom. The average Bonchev–Trinajstić information content (AvgIpc) is 2.54. The van der Waals surface area contributed by atoms with E-state index in [-0.39, 0.29) is 22.4 Å². The Labute approximate surface area is 149 Å². The molecule has 124 valence electrons. The summed E-state index contributed by atoms with van der Waals surface area (Å²) in [5.41, 5.74) is 7.27. The molecule has 0 saturated heterocycles. The van der Waals surface area contributed by atoms with Gasteiger partial charge in [-0.15, -0.1) is 0 Å². The first-order chi connectivity index (χ1) is 10.8. The van der Waals surface area contributed by atoms with Gasteiger partial charge in [-0.25, -0.2) is 9.78 Å². The van der Waals surface area contributed by atoms with E-state index in [1.54, 1.807) is 25.2 Å². The summed E-state index contributed by atoms with van der Waals surface area (Å²) in [6.45, 7) is 5.41. The first-order valence-electron chi connectivity index (χ1n) is 6.44. The Balaban J connectivity index is 3.14. The highest BCUT2D eigenvalue weighted by Gasteiger charge is 2.20. The van der Waals surface area contributed by atoms with Gasteiger partial charge in [-0.1, -0.05) is 53.5 Å². The lowest BCUT2D eigenvalue weighted by atomic mass is 10.1. The fourth-order valence-electron chi connectivity index (χ4n) is 1.65. The van der Waals surface area contributed by atoms with Gasteiger partial charge in [0, 0.05) is 11.3 Å². The van der Waals surface area contributed by atoms with Crippen molar-refractivity contribution in [3.63, 3.8) is 0 Å². The number of hydrogen-bond acceptors (Lipinski definition) is 5. The molecule has 0 aliphatic heterocycles. The topological polar surface area (TPSA) is 77.2 Å². The van der Waals surface area contributed by atoms with Crippen LogP contribution in [0.15, 0.2) is 35.5 Å². The van der Waals surface area contributed by atoms with Crippen LogP contribution in [0.5, 0.6) is 0 Å². The van der Waals surface area contributed by atoms with Crippen LogP contribution in [0.3, 0.4) is 0 Å². The number of pyridine rings is 1. The maximum absolute atomic E-state index is 11.7. The highest BCUT2D eigenvalue weighted by atomic mass is 35.5. The predicted molar refractivity (Wildman–Crippen MR) is 95.2 cm³/mol. The lowest BCUT2D eigenvalue weighted by Crippen LogP contribution is -2.16. The fraction of sp³-hybridized carbons (Fsp3) is 0.200. The molecule has 5 nitrogen and oxygen atoms in total. The number of ether oxygens (including phenoxy) is 1. The van der Waals surface area contributed by atoms with E-state index < -0.39 is 5.97 Å². The average molecular weight is 377 g/mol. The van der Waals surface area contributed by atoms with Crippen LogP contribution in [0, 0.1) is 6.92 Å². The molecule has 1 aromatic heterocycles. The first kappa shape index (κ1) is 19.4. The molecule has 0 fully saturated rings. The first-order valence-corrected chi connectivity index (χ1v) is 7.57. The van der Waals surface area contributed by atoms with Crippen molar-refractivity contribution in [2.45, 2.75) is 6.92 Å². The van der Waals surface area contributed by atoms with Crippen LogP contribution in [0.25, 0.3) is 0 Å². The van der Waals surface area contributed by atoms with E-state index in [1.807, 2.05) is 0 Å². The number of nitrogens with one attached hydrogen (secondary N) is 1. The molecular weight excluding hydrogens is 361 g/mol. The second-order valence-electron chi connectivity index (χ2n) is 4.38. The highest BCUT2D eigenvalue weighted by molar-refractivity contribution is 6.43. The molecule has 3 N–H and O–H groups in total. The SMILES string of the molecule is C=C/C=C\C(Cl)=C(/N)CNc1c(C)c(C(=O)OC)nc(Cl)c1Cl. The molecule has 0 atom stereocenters. The number of rotatable bonds is 6. The normalized spacial score (nSPS) is 12.0. The van der Waals surface area contributed by atoms with E-state index >= 15 is 0 Å². The quantitative estimate of drug-likeness (QED) is 0.445. The second kappa shape index (κ2) is 8.82. The van der Waals surface area contributed by atoms with Crippen molar-refractivity contribution in [3.8, 4) is 0 Å². The van der Waals surface area contributed by atoms with Gasteiger partial charge in [0.25, 0.3) is 0 Å². The van der Waals surface area contributed by atoms with E-state index in [4.69, 9.17) is 40.5 Å². The van der Waals surface area contributed by atoms with Crippen LogP contribution in [0.1, 0.15) is 16.1 Å². The number of hydrogen-bond donors (Lipinski definition) is 2. The minimum atomic E-state index is -0.612. The summed E-state index contributed by atoms with van der Waals surface area (Å²) in [5.74, 6) is -0.612. The monoisotopic (exact) mass is 375 g/mol. The van der Waals surface area contributed by atoms with Crippen molar-refractivity contribution in [1.29, 1.82) is 0 Å². The number of nitrogens with two attached hydrogens (primary N) is 1. The number of nitrogens with zero attached hydrogens (tertiary/aromatic N) is 1. The molecule has 0 aliphatic rings. The second-order valence-corrected chi connectivity index (χ2v) is 5.52. The summed E-state index contributed by atoms with van der Waals surface area (Å²) in [4.78, 5) is 15.7. The Morgan fingerprint density at radius 1 is 1.48 bits per heavy atom. The van der Waals surface area contributed by atoms with Gasteiger partial charge in [0.15, 0.2) is 10.8 Å². The number of allylic oxidation sites excluding steroid dienone is 4. The molecule has 8 heteroatoms. The van der Waals surface area contributed by atoms with E-state index in [9.17, 15) is 4.79 Å². The van der Waals surface area contributed by atoms with Gasteiger partial charge in [-0.3, -0.25) is 0 Å². The van der Waals surface area contributed by atoms with Crippen molar-refractivity contribution in [2.24, 2.45) is 5.73 Å². The van der Waals surface area contributed by atoms with Gasteiger partial charge in [-0.2, -0.15) is 0 Å². The van der Waals surface area contributed by atoms with E-state index in [1.165, 1.54) is 7.11 Å². The number of methoxy groups -OCH3 is 1. The summed E-state index contributed by atoms with van der Waals surface area (Å²) in [6, 6.07) is 0. The number of aromatic nitrogens is 1. The number of anilines is 1. The third-order valence-electron chi connectivity index (χ3n) is 2.86. The van der Waals surface area contributed by atoms with Gasteiger partial charge in [0.1, 0.15) is 5.02 Å². The molecule has 23 heavy (non-hydrogen) atoms. The minimum Gasteiger partial charge on any atom is -0.464 e. The Bertz CT molecular complexity index is 685. The molecule has 0 unspecified atom stereocenters. The lowest BCUT2D eigenvalue weighted by molar-refractivity contribution is 0.0593. The molecule has 1 heterocycles. The standard InChI is InChI=1S/C15H16Cl3N3O2/c1-4-5-6-9(16)10(19)7-20-12-8(2)13(15(22)23-3)21-14(18)11(12)17/h4-6H,1,7,19H2,2-3H3,(H,20,21)/b6-5-,10-9+. The van der Waals surface area contributed by atoms with Crippen LogP contribution in [-0.2, 0) is 4.74 Å². The maximum atomic E-state index is 11.7. The number of esters is 1. The highest BCUT2D eigenvalue weighted by Crippen LogP contribution is 2.33. The summed E-state index contributed by atoms with van der Waals surface area (Å²) < 4.78 is 4.67. The van der Waals surface area contributed by atoms with E-state index in [0.29, 0.717) is 22.0 Å². The van der Waals surface area contributed by atoms with Crippen LogP contribution < -0.4 is 11.1 Å². The summed E-state index contributed by atoms with van der Waals surface area (Å²) in [6.07, 6.45) is 4.85. The largest absolute Gasteiger partial charge is 0.464 e. The van der Waals surface area contributed by atoms with Crippen molar-refractivity contribution < 1.29 is 9.53 Å². The third-order valence-corrected chi connectivity index (χ3v) is 3.97. The van der Waals surface area contributed by atoms with Gasteiger partial charge in [0.05, 0.1) is 24.4 Å². The Morgan fingerprint density at radius 3 is 2.70 bits per heavy atom.